The van der Waals surface area contributed by atoms with E-state index in [1.807, 2.05) is 24.3 Å². The van der Waals surface area contributed by atoms with Crippen LogP contribution in [0.2, 0.25) is 0 Å². The number of para-hydroxylation sites is 1. The summed E-state index contributed by atoms with van der Waals surface area (Å²) in [6, 6.07) is 8.16. The van der Waals surface area contributed by atoms with Gasteiger partial charge in [-0.2, -0.15) is 0 Å². The summed E-state index contributed by atoms with van der Waals surface area (Å²) in [7, 11) is 0. The highest BCUT2D eigenvalue weighted by molar-refractivity contribution is 5.96. The van der Waals surface area contributed by atoms with E-state index in [1.54, 1.807) is 0 Å². The Balaban J connectivity index is 1.41. The van der Waals surface area contributed by atoms with Crippen molar-refractivity contribution >= 4 is 17.5 Å². The quantitative estimate of drug-likeness (QED) is 0.818. The molecule has 2 heterocycles. The van der Waals surface area contributed by atoms with Gasteiger partial charge in [0.25, 0.3) is 0 Å². The standard InChI is InChI=1S/C19H27N3O3/c1-14(22-8-10-25-11-9-22)13-20-18(23)7-6-16-12-15-4-2-3-5-17(15)21-19(16)24/h2-5,14,16H,6-13H2,1H3,(H,20,23)(H,21,24)/t14-,16-/m1/s1. The first-order valence-electron chi connectivity index (χ1n) is 9.11. The summed E-state index contributed by atoms with van der Waals surface area (Å²) >= 11 is 0. The molecule has 136 valence electrons. The third kappa shape index (κ3) is 4.80. The summed E-state index contributed by atoms with van der Waals surface area (Å²) in [4.78, 5) is 26.6. The number of nitrogens with zero attached hydrogens (tertiary/aromatic N) is 1. The van der Waals surface area contributed by atoms with Crippen molar-refractivity contribution in [2.24, 2.45) is 5.92 Å². The van der Waals surface area contributed by atoms with Crippen LogP contribution >= 0.6 is 0 Å². The molecule has 2 aliphatic heterocycles. The lowest BCUT2D eigenvalue weighted by atomic mass is 9.89. The molecular formula is C19H27N3O3. The van der Waals surface area contributed by atoms with E-state index in [0.29, 0.717) is 31.8 Å². The van der Waals surface area contributed by atoms with Gasteiger partial charge in [-0.1, -0.05) is 18.2 Å². The number of anilines is 1. The fourth-order valence-corrected chi connectivity index (χ4v) is 3.45. The molecular weight excluding hydrogens is 318 g/mol. The Labute approximate surface area is 148 Å². The molecule has 0 aliphatic carbocycles. The highest BCUT2D eigenvalue weighted by Gasteiger charge is 2.26. The molecule has 0 spiro atoms. The second-order valence-electron chi connectivity index (χ2n) is 6.89. The molecule has 0 radical (unpaired) electrons. The topological polar surface area (TPSA) is 70.7 Å². The Hall–Kier alpha value is -1.92. The van der Waals surface area contributed by atoms with Crippen molar-refractivity contribution in [2.75, 3.05) is 38.2 Å². The minimum Gasteiger partial charge on any atom is -0.379 e. The van der Waals surface area contributed by atoms with E-state index in [-0.39, 0.29) is 17.7 Å². The van der Waals surface area contributed by atoms with Crippen LogP contribution in [0.5, 0.6) is 0 Å². The Morgan fingerprint density at radius 3 is 2.92 bits per heavy atom. The molecule has 0 bridgehead atoms. The lowest BCUT2D eigenvalue weighted by molar-refractivity contribution is -0.123. The van der Waals surface area contributed by atoms with Gasteiger partial charge in [-0.15, -0.1) is 0 Å². The average Bonchev–Trinajstić information content (AvgIpc) is 2.65. The highest BCUT2D eigenvalue weighted by Crippen LogP contribution is 2.27. The maximum Gasteiger partial charge on any atom is 0.227 e. The molecule has 1 fully saturated rings. The number of hydrogen-bond donors (Lipinski definition) is 2. The summed E-state index contributed by atoms with van der Waals surface area (Å²) in [6.07, 6.45) is 1.67. The van der Waals surface area contributed by atoms with Crippen LogP contribution in [-0.2, 0) is 20.7 Å². The maximum absolute atomic E-state index is 12.2. The molecule has 2 atom stereocenters. The number of ether oxygens (including phenoxy) is 1. The zero-order valence-corrected chi connectivity index (χ0v) is 14.8. The van der Waals surface area contributed by atoms with Crippen molar-refractivity contribution in [1.82, 2.24) is 10.2 Å². The van der Waals surface area contributed by atoms with E-state index in [1.165, 1.54) is 0 Å². The molecule has 2 aliphatic rings. The number of nitrogens with one attached hydrogen (secondary N) is 2. The van der Waals surface area contributed by atoms with Gasteiger partial charge in [0.2, 0.25) is 11.8 Å². The zero-order chi connectivity index (χ0) is 17.6. The van der Waals surface area contributed by atoms with Crippen LogP contribution in [0.4, 0.5) is 5.69 Å². The summed E-state index contributed by atoms with van der Waals surface area (Å²) in [5, 5.41) is 5.94. The Morgan fingerprint density at radius 2 is 2.12 bits per heavy atom. The number of carbonyl (C=O) groups is 2. The van der Waals surface area contributed by atoms with Gasteiger partial charge in [0.15, 0.2) is 0 Å². The smallest absolute Gasteiger partial charge is 0.227 e. The summed E-state index contributed by atoms with van der Waals surface area (Å²) < 4.78 is 5.35. The summed E-state index contributed by atoms with van der Waals surface area (Å²) in [5.74, 6) is -0.0859. The van der Waals surface area contributed by atoms with Gasteiger partial charge in [0.05, 0.1) is 13.2 Å². The second kappa shape index (κ2) is 8.45. The molecule has 1 aromatic carbocycles. The van der Waals surface area contributed by atoms with E-state index in [9.17, 15) is 9.59 Å². The van der Waals surface area contributed by atoms with Gasteiger partial charge >= 0.3 is 0 Å². The van der Waals surface area contributed by atoms with Gasteiger partial charge in [-0.3, -0.25) is 14.5 Å². The molecule has 1 saturated heterocycles. The van der Waals surface area contributed by atoms with Crippen molar-refractivity contribution < 1.29 is 14.3 Å². The number of carbonyl (C=O) groups excluding carboxylic acids is 2. The predicted molar refractivity (Wildman–Crippen MR) is 96.4 cm³/mol. The van der Waals surface area contributed by atoms with Crippen LogP contribution in [0.25, 0.3) is 0 Å². The largest absolute Gasteiger partial charge is 0.379 e. The van der Waals surface area contributed by atoms with Crippen molar-refractivity contribution in [1.29, 1.82) is 0 Å². The van der Waals surface area contributed by atoms with Crippen LogP contribution in [0, 0.1) is 5.92 Å². The first-order valence-corrected chi connectivity index (χ1v) is 9.11. The van der Waals surface area contributed by atoms with Gasteiger partial charge in [0.1, 0.15) is 0 Å². The number of morpholine rings is 1. The third-order valence-corrected chi connectivity index (χ3v) is 5.10. The molecule has 0 unspecified atom stereocenters. The van der Waals surface area contributed by atoms with Crippen LogP contribution in [-0.4, -0.2) is 55.6 Å². The van der Waals surface area contributed by atoms with E-state index < -0.39 is 0 Å². The van der Waals surface area contributed by atoms with Crippen molar-refractivity contribution in [3.63, 3.8) is 0 Å². The molecule has 3 rings (SSSR count). The first kappa shape index (κ1) is 17.9. The van der Waals surface area contributed by atoms with E-state index in [0.717, 1.165) is 37.6 Å². The highest BCUT2D eigenvalue weighted by atomic mass is 16.5. The molecule has 0 aromatic heterocycles. The minimum atomic E-state index is -0.127. The van der Waals surface area contributed by atoms with Gasteiger partial charge in [-0.25, -0.2) is 0 Å². The Morgan fingerprint density at radius 1 is 1.36 bits per heavy atom. The number of benzene rings is 1. The fraction of sp³-hybridized carbons (Fsp3) is 0.579. The Bertz CT molecular complexity index is 614. The van der Waals surface area contributed by atoms with Crippen molar-refractivity contribution in [3.8, 4) is 0 Å². The molecule has 0 saturated carbocycles. The molecule has 6 nitrogen and oxygen atoms in total. The van der Waals surface area contributed by atoms with Crippen LogP contribution in [0.3, 0.4) is 0 Å². The molecule has 1 aromatic rings. The number of amides is 2. The summed E-state index contributed by atoms with van der Waals surface area (Å²) in [6.45, 7) is 6.11. The van der Waals surface area contributed by atoms with E-state index in [2.05, 4.69) is 22.5 Å². The number of rotatable bonds is 6. The molecule has 2 N–H and O–H groups in total. The lowest BCUT2D eigenvalue weighted by Crippen LogP contribution is -2.47. The number of hydrogen-bond acceptors (Lipinski definition) is 4. The second-order valence-corrected chi connectivity index (χ2v) is 6.89. The predicted octanol–water partition coefficient (Wildman–Crippen LogP) is 1.41. The molecule has 2 amide bonds. The molecule has 25 heavy (non-hydrogen) atoms. The van der Waals surface area contributed by atoms with Gasteiger partial charge < -0.3 is 15.4 Å². The van der Waals surface area contributed by atoms with Crippen LogP contribution < -0.4 is 10.6 Å². The zero-order valence-electron chi connectivity index (χ0n) is 14.8. The first-order chi connectivity index (χ1) is 12.1. The van der Waals surface area contributed by atoms with E-state index in [4.69, 9.17) is 4.74 Å². The van der Waals surface area contributed by atoms with Crippen LogP contribution in [0.1, 0.15) is 25.3 Å². The van der Waals surface area contributed by atoms with E-state index >= 15 is 0 Å². The Kier molecular flexibility index (Phi) is 6.04. The maximum atomic E-state index is 12.2. The minimum absolute atomic E-state index is 0.0202. The fourth-order valence-electron chi connectivity index (χ4n) is 3.45. The van der Waals surface area contributed by atoms with Crippen molar-refractivity contribution in [2.45, 2.75) is 32.2 Å². The average molecular weight is 345 g/mol. The SMILES string of the molecule is C[C@H](CNC(=O)CC[C@@H]1Cc2ccccc2NC1=O)N1CCOCC1. The third-order valence-electron chi connectivity index (χ3n) is 5.10. The van der Waals surface area contributed by atoms with Gasteiger partial charge in [-0.05, 0) is 31.4 Å². The van der Waals surface area contributed by atoms with Crippen molar-refractivity contribution in [3.05, 3.63) is 29.8 Å². The van der Waals surface area contributed by atoms with Gasteiger partial charge in [0, 0.05) is 43.7 Å². The molecule has 6 heteroatoms. The monoisotopic (exact) mass is 345 g/mol. The lowest BCUT2D eigenvalue weighted by Gasteiger charge is -2.32. The normalized spacial score (nSPS) is 22.0. The summed E-state index contributed by atoms with van der Waals surface area (Å²) in [5.41, 5.74) is 2.04. The van der Waals surface area contributed by atoms with Crippen LogP contribution in [0.15, 0.2) is 24.3 Å². The number of fused-ring (bicyclic) bond motifs is 1.